The van der Waals surface area contributed by atoms with Gasteiger partial charge in [-0.25, -0.2) is 0 Å². The molecule has 1 aromatic heterocycles. The Kier molecular flexibility index (Phi) is 9.27. The van der Waals surface area contributed by atoms with Crippen LogP contribution in [0.1, 0.15) is 18.9 Å². The summed E-state index contributed by atoms with van der Waals surface area (Å²) < 4.78 is 22.7. The summed E-state index contributed by atoms with van der Waals surface area (Å²) in [7, 11) is 0. The summed E-state index contributed by atoms with van der Waals surface area (Å²) in [5, 5.41) is 17.0. The summed E-state index contributed by atoms with van der Waals surface area (Å²) in [6.45, 7) is 4.36. The molecule has 12 nitrogen and oxygen atoms in total. The largest absolute Gasteiger partial charge is 0.487 e. The van der Waals surface area contributed by atoms with E-state index < -0.39 is 0 Å². The first-order valence-electron chi connectivity index (χ1n) is 12.2. The van der Waals surface area contributed by atoms with Gasteiger partial charge >= 0.3 is 0 Å². The molecule has 0 unspecified atom stereocenters. The number of amides is 1. The van der Waals surface area contributed by atoms with E-state index in [4.69, 9.17) is 30.1 Å². The van der Waals surface area contributed by atoms with Crippen molar-refractivity contribution in [3.8, 4) is 11.5 Å². The van der Waals surface area contributed by atoms with Crippen LogP contribution < -0.4 is 31.2 Å². The second-order valence-electron chi connectivity index (χ2n) is 8.12. The van der Waals surface area contributed by atoms with Crippen LogP contribution in [0.2, 0.25) is 0 Å². The van der Waals surface area contributed by atoms with Gasteiger partial charge in [-0.15, -0.1) is 0 Å². The molecule has 12 heteroatoms. The SMILES string of the molecule is CCC(=O)Nc1ccccc1Nc1nc(Nc2ccc3c(c2)OCCOCCOCCO3)nc(N)c1C=N. The maximum atomic E-state index is 12.0. The van der Waals surface area contributed by atoms with Crippen LogP contribution in [0.4, 0.5) is 34.6 Å². The summed E-state index contributed by atoms with van der Waals surface area (Å²) >= 11 is 0. The molecule has 200 valence electrons. The van der Waals surface area contributed by atoms with Crippen LogP contribution in [-0.4, -0.2) is 61.7 Å². The van der Waals surface area contributed by atoms with E-state index >= 15 is 0 Å². The molecular weight excluding hydrogens is 490 g/mol. The van der Waals surface area contributed by atoms with Crippen molar-refractivity contribution in [1.82, 2.24) is 9.97 Å². The second kappa shape index (κ2) is 13.2. The number of para-hydroxylation sites is 2. The van der Waals surface area contributed by atoms with Crippen molar-refractivity contribution in [2.24, 2.45) is 0 Å². The highest BCUT2D eigenvalue weighted by molar-refractivity contribution is 5.96. The number of nitrogen functional groups attached to an aromatic ring is 1. The smallest absolute Gasteiger partial charge is 0.231 e. The molecule has 4 rings (SSSR count). The van der Waals surface area contributed by atoms with Crippen molar-refractivity contribution in [3.63, 3.8) is 0 Å². The second-order valence-corrected chi connectivity index (χ2v) is 8.12. The van der Waals surface area contributed by atoms with Crippen LogP contribution in [0.3, 0.4) is 0 Å². The van der Waals surface area contributed by atoms with Gasteiger partial charge in [-0.05, 0) is 24.3 Å². The molecule has 0 saturated carbocycles. The molecule has 3 aromatic rings. The molecule has 0 bridgehead atoms. The van der Waals surface area contributed by atoms with Crippen LogP contribution >= 0.6 is 0 Å². The van der Waals surface area contributed by atoms with Gasteiger partial charge < -0.3 is 46.0 Å². The number of hydrogen-bond donors (Lipinski definition) is 5. The fourth-order valence-electron chi connectivity index (χ4n) is 3.54. The first-order chi connectivity index (χ1) is 18.6. The van der Waals surface area contributed by atoms with Crippen LogP contribution in [-0.2, 0) is 14.3 Å². The average Bonchev–Trinajstić information content (AvgIpc) is 2.90. The number of carbonyl (C=O) groups excluding carboxylic acids is 1. The van der Waals surface area contributed by atoms with E-state index in [9.17, 15) is 4.79 Å². The van der Waals surface area contributed by atoms with E-state index in [0.29, 0.717) is 86.0 Å². The molecule has 0 spiro atoms. The molecular formula is C26H31N7O5. The zero-order chi connectivity index (χ0) is 26.7. The molecule has 0 radical (unpaired) electrons. The monoisotopic (exact) mass is 521 g/mol. The molecule has 2 aromatic carbocycles. The topological polar surface area (TPSA) is 166 Å². The highest BCUT2D eigenvalue weighted by Gasteiger charge is 2.15. The third-order valence-electron chi connectivity index (χ3n) is 5.44. The van der Waals surface area contributed by atoms with Crippen molar-refractivity contribution in [2.45, 2.75) is 13.3 Å². The van der Waals surface area contributed by atoms with E-state index in [1.54, 1.807) is 37.3 Å². The number of ether oxygens (including phenoxy) is 4. The summed E-state index contributed by atoms with van der Waals surface area (Å²) in [4.78, 5) is 20.8. The number of nitrogens with one attached hydrogen (secondary N) is 4. The highest BCUT2D eigenvalue weighted by Crippen LogP contribution is 2.33. The Morgan fingerprint density at radius 3 is 2.34 bits per heavy atom. The predicted octanol–water partition coefficient (Wildman–Crippen LogP) is 3.70. The molecule has 2 heterocycles. The van der Waals surface area contributed by atoms with Crippen molar-refractivity contribution in [1.29, 1.82) is 5.41 Å². The number of carbonyl (C=O) groups is 1. The van der Waals surface area contributed by atoms with Crippen molar-refractivity contribution >= 4 is 46.8 Å². The number of benzene rings is 2. The van der Waals surface area contributed by atoms with Gasteiger partial charge in [0, 0.05) is 24.4 Å². The fraction of sp³-hybridized carbons (Fsp3) is 0.308. The minimum absolute atomic E-state index is 0.109. The van der Waals surface area contributed by atoms with E-state index in [0.717, 1.165) is 6.21 Å². The lowest BCUT2D eigenvalue weighted by molar-refractivity contribution is -0.115. The zero-order valence-corrected chi connectivity index (χ0v) is 21.1. The molecule has 6 N–H and O–H groups in total. The minimum Gasteiger partial charge on any atom is -0.487 e. The van der Waals surface area contributed by atoms with Gasteiger partial charge in [-0.3, -0.25) is 4.79 Å². The number of rotatable bonds is 7. The molecule has 0 saturated heterocycles. The van der Waals surface area contributed by atoms with Gasteiger partial charge in [-0.1, -0.05) is 19.1 Å². The Balaban J connectivity index is 1.58. The van der Waals surface area contributed by atoms with Gasteiger partial charge in [0.25, 0.3) is 0 Å². The summed E-state index contributed by atoms with van der Waals surface area (Å²) in [6.07, 6.45) is 1.42. The Morgan fingerprint density at radius 2 is 1.63 bits per heavy atom. The Hall–Kier alpha value is -4.42. The summed E-state index contributed by atoms with van der Waals surface area (Å²) in [5.74, 6) is 1.60. The standard InChI is InChI=1S/C26H31N7O5/c1-2-23(34)30-19-5-3-4-6-20(19)31-25-18(16-27)24(28)32-26(33-25)29-17-7-8-21-22(15-17)38-14-12-36-10-9-35-11-13-37-21/h3-8,15-16,27H,2,9-14H2,1H3,(H,30,34)(H4,28,29,31,32,33). The van der Waals surface area contributed by atoms with E-state index in [2.05, 4.69) is 25.9 Å². The number of aromatic nitrogens is 2. The van der Waals surface area contributed by atoms with Crippen molar-refractivity contribution < 1.29 is 23.7 Å². The summed E-state index contributed by atoms with van der Waals surface area (Å²) in [5.41, 5.74) is 8.29. The third-order valence-corrected chi connectivity index (χ3v) is 5.44. The predicted molar refractivity (Wildman–Crippen MR) is 145 cm³/mol. The Bertz CT molecular complexity index is 1270. The van der Waals surface area contributed by atoms with Crippen molar-refractivity contribution in [3.05, 3.63) is 48.0 Å². The van der Waals surface area contributed by atoms with Crippen LogP contribution in [0, 0.1) is 5.41 Å². The minimum atomic E-state index is -0.127. The molecule has 1 aliphatic rings. The van der Waals surface area contributed by atoms with Gasteiger partial charge in [-0.2, -0.15) is 9.97 Å². The van der Waals surface area contributed by atoms with E-state index in [1.807, 2.05) is 12.1 Å². The number of anilines is 6. The van der Waals surface area contributed by atoms with Crippen LogP contribution in [0.5, 0.6) is 11.5 Å². The highest BCUT2D eigenvalue weighted by atomic mass is 16.6. The van der Waals surface area contributed by atoms with Gasteiger partial charge in [0.15, 0.2) is 11.5 Å². The average molecular weight is 522 g/mol. The fourth-order valence-corrected chi connectivity index (χ4v) is 3.54. The maximum Gasteiger partial charge on any atom is 0.231 e. The molecule has 0 fully saturated rings. The molecule has 0 atom stereocenters. The first kappa shape index (κ1) is 26.6. The number of hydrogen-bond acceptors (Lipinski definition) is 11. The molecule has 0 aliphatic carbocycles. The van der Waals surface area contributed by atoms with Crippen molar-refractivity contribution in [2.75, 3.05) is 61.3 Å². The number of fused-ring (bicyclic) bond motifs is 1. The lowest BCUT2D eigenvalue weighted by Crippen LogP contribution is -2.15. The quantitative estimate of drug-likeness (QED) is 0.289. The van der Waals surface area contributed by atoms with Crippen LogP contribution in [0.15, 0.2) is 42.5 Å². The van der Waals surface area contributed by atoms with Gasteiger partial charge in [0.05, 0.1) is 43.4 Å². The van der Waals surface area contributed by atoms with E-state index in [-0.39, 0.29) is 17.7 Å². The number of nitrogens with zero attached hydrogens (tertiary/aromatic N) is 2. The van der Waals surface area contributed by atoms with Crippen LogP contribution in [0.25, 0.3) is 0 Å². The molecule has 1 aliphatic heterocycles. The van der Waals surface area contributed by atoms with E-state index in [1.165, 1.54) is 0 Å². The maximum absolute atomic E-state index is 12.0. The summed E-state index contributed by atoms with van der Waals surface area (Å²) in [6, 6.07) is 12.6. The molecule has 38 heavy (non-hydrogen) atoms. The molecule has 1 amide bonds. The Morgan fingerprint density at radius 1 is 0.947 bits per heavy atom. The van der Waals surface area contributed by atoms with Gasteiger partial charge in [0.1, 0.15) is 24.8 Å². The number of nitrogens with two attached hydrogens (primary N) is 1. The lowest BCUT2D eigenvalue weighted by Gasteiger charge is -2.17. The zero-order valence-electron chi connectivity index (χ0n) is 21.1. The van der Waals surface area contributed by atoms with Gasteiger partial charge in [0.2, 0.25) is 11.9 Å². The third kappa shape index (κ3) is 7.08. The first-order valence-corrected chi connectivity index (χ1v) is 12.2. The lowest BCUT2D eigenvalue weighted by atomic mass is 10.2. The normalized spacial score (nSPS) is 13.9. The Labute approximate surface area is 220 Å².